The van der Waals surface area contributed by atoms with Crippen molar-refractivity contribution in [1.29, 1.82) is 5.26 Å². The number of cyclic esters (lactones) is 2. The molecule has 2 aromatic rings. The minimum atomic E-state index is -0.464. The molecule has 46 heavy (non-hydrogen) atoms. The lowest BCUT2D eigenvalue weighted by molar-refractivity contribution is -0.120. The van der Waals surface area contributed by atoms with Gasteiger partial charge in [-0.05, 0) is 48.5 Å². The third-order valence-corrected chi connectivity index (χ3v) is 8.40. The summed E-state index contributed by atoms with van der Waals surface area (Å²) in [5.41, 5.74) is 2.74. The van der Waals surface area contributed by atoms with Crippen LogP contribution in [-0.4, -0.2) is 62.4 Å². The fourth-order valence-electron chi connectivity index (χ4n) is 5.37. The summed E-state index contributed by atoms with van der Waals surface area (Å²) in [6.07, 6.45) is 1.70. The van der Waals surface area contributed by atoms with Crippen molar-refractivity contribution in [3.63, 3.8) is 0 Å². The smallest absolute Gasteiger partial charge is 0.414 e. The molecule has 4 fully saturated rings. The normalized spacial score (nSPS) is 21.3. The Morgan fingerprint density at radius 1 is 0.826 bits per heavy atom. The quantitative estimate of drug-likeness (QED) is 0.401. The number of hydrogen-bond donors (Lipinski definition) is 2. The van der Waals surface area contributed by atoms with Gasteiger partial charge in [-0.2, -0.15) is 5.26 Å². The van der Waals surface area contributed by atoms with Crippen molar-refractivity contribution in [3.8, 4) is 6.07 Å². The highest BCUT2D eigenvalue weighted by Crippen LogP contribution is 2.50. The maximum Gasteiger partial charge on any atom is 0.414 e. The number of hydrogen-bond acceptors (Lipinski definition) is 7. The molecule has 2 N–H and O–H groups in total. The van der Waals surface area contributed by atoms with E-state index in [-0.39, 0.29) is 42.0 Å². The summed E-state index contributed by atoms with van der Waals surface area (Å²) < 4.78 is 10.5. The van der Waals surface area contributed by atoms with Gasteiger partial charge in [0.1, 0.15) is 18.6 Å². The fourth-order valence-corrected chi connectivity index (χ4v) is 5.37. The summed E-state index contributed by atoms with van der Waals surface area (Å²) in [7, 11) is 0. The Morgan fingerprint density at radius 2 is 1.24 bits per heavy atom. The largest absolute Gasteiger partial charge is 0.442 e. The first kappa shape index (κ1) is 31.8. The van der Waals surface area contributed by atoms with Gasteiger partial charge in [0.05, 0.1) is 32.2 Å². The molecular weight excluding hydrogens is 590 g/mol. The van der Waals surface area contributed by atoms with E-state index in [0.717, 1.165) is 42.5 Å². The van der Waals surface area contributed by atoms with Crippen molar-refractivity contribution in [2.24, 2.45) is 0 Å². The van der Waals surface area contributed by atoms with E-state index in [9.17, 15) is 19.2 Å². The Kier molecular flexibility index (Phi) is 9.11. The molecule has 0 radical (unpaired) electrons. The Hall–Kier alpha value is -5.61. The standard InChI is InChI=1S/C17H16N4O3.C16H17N3O3/c1-19-17(7-8-17)12-2-4-13(5-3-12)21-11-14(24-16(21)23)10-20-15(22)6-9-18;1-11(20)18-9-14-10-19(15(21)22-14)13-5-3-12(4-6-13)16(17-2)7-8-16/h2-5,14H,6-8,10-11H2,(H,20,22);3-6,14H,7-10H2,1H3,(H,18,20)/t2*14-/m00/s1. The molecule has 4 amide bonds. The van der Waals surface area contributed by atoms with Crippen molar-refractivity contribution in [2.75, 3.05) is 36.0 Å². The molecule has 13 heteroatoms. The second-order valence-corrected chi connectivity index (χ2v) is 11.7. The fraction of sp³-hybridized carbons (Fsp3) is 0.424. The molecule has 2 heterocycles. The molecule has 2 aliphatic heterocycles. The van der Waals surface area contributed by atoms with E-state index in [1.165, 1.54) is 11.8 Å². The van der Waals surface area contributed by atoms with Gasteiger partial charge in [0.25, 0.3) is 11.1 Å². The first-order valence-corrected chi connectivity index (χ1v) is 14.9. The second-order valence-electron chi connectivity index (χ2n) is 11.7. The van der Waals surface area contributed by atoms with Gasteiger partial charge in [0.2, 0.25) is 11.8 Å². The minimum absolute atomic E-state index is 0.146. The third kappa shape index (κ3) is 7.03. The summed E-state index contributed by atoms with van der Waals surface area (Å²) in [5, 5.41) is 13.7. The number of nitrogens with zero attached hydrogens (tertiary/aromatic N) is 5. The topological polar surface area (TPSA) is 150 Å². The van der Waals surface area contributed by atoms with Gasteiger partial charge in [-0.25, -0.2) is 22.7 Å². The molecule has 0 bridgehead atoms. The average Bonchev–Trinajstić information content (AvgIpc) is 3.97. The Bertz CT molecular complexity index is 1630. The molecule has 236 valence electrons. The first-order chi connectivity index (χ1) is 22.1. The van der Waals surface area contributed by atoms with Crippen LogP contribution in [0.4, 0.5) is 21.0 Å². The van der Waals surface area contributed by atoms with Gasteiger partial charge in [-0.1, -0.05) is 0 Å². The lowest BCUT2D eigenvalue weighted by Gasteiger charge is -2.14. The lowest BCUT2D eigenvalue weighted by atomic mass is 10.1. The predicted octanol–water partition coefficient (Wildman–Crippen LogP) is 4.01. The van der Waals surface area contributed by atoms with Crippen LogP contribution in [0.25, 0.3) is 9.69 Å². The number of nitrogens with one attached hydrogen (secondary N) is 2. The first-order valence-electron chi connectivity index (χ1n) is 14.9. The van der Waals surface area contributed by atoms with Crippen LogP contribution >= 0.6 is 0 Å². The van der Waals surface area contributed by atoms with E-state index in [0.29, 0.717) is 25.3 Å². The van der Waals surface area contributed by atoms with E-state index >= 15 is 0 Å². The maximum absolute atomic E-state index is 12.0. The zero-order valence-electron chi connectivity index (χ0n) is 25.3. The molecular formula is C33H33N7O6. The molecule has 2 saturated heterocycles. The highest BCUT2D eigenvalue weighted by atomic mass is 16.6. The average molecular weight is 624 g/mol. The van der Waals surface area contributed by atoms with Crippen molar-refractivity contribution in [1.82, 2.24) is 10.6 Å². The summed E-state index contributed by atoms with van der Waals surface area (Å²) in [6, 6.07) is 16.7. The number of amides is 4. The molecule has 2 atom stereocenters. The van der Waals surface area contributed by atoms with Gasteiger partial charge < -0.3 is 29.8 Å². The van der Waals surface area contributed by atoms with Crippen LogP contribution in [0, 0.1) is 24.5 Å². The van der Waals surface area contributed by atoms with Gasteiger partial charge in [-0.15, -0.1) is 0 Å². The number of carbonyl (C=O) groups excluding carboxylic acids is 4. The number of anilines is 2. The van der Waals surface area contributed by atoms with Crippen molar-refractivity contribution >= 4 is 35.4 Å². The predicted molar refractivity (Wildman–Crippen MR) is 165 cm³/mol. The van der Waals surface area contributed by atoms with E-state index in [4.69, 9.17) is 27.9 Å². The van der Waals surface area contributed by atoms with Gasteiger partial charge >= 0.3 is 12.2 Å². The van der Waals surface area contributed by atoms with Crippen LogP contribution in [-0.2, 0) is 30.1 Å². The highest BCUT2D eigenvalue weighted by molar-refractivity contribution is 5.90. The maximum atomic E-state index is 12.0. The van der Waals surface area contributed by atoms with Gasteiger partial charge in [0, 0.05) is 55.1 Å². The van der Waals surface area contributed by atoms with Crippen molar-refractivity contribution < 1.29 is 28.7 Å². The summed E-state index contributed by atoms with van der Waals surface area (Å²) in [4.78, 5) is 56.6. The molecule has 2 aromatic carbocycles. The summed E-state index contributed by atoms with van der Waals surface area (Å²) in [5.74, 6) is -0.530. The molecule has 2 saturated carbocycles. The van der Waals surface area contributed by atoms with Crippen molar-refractivity contribution in [2.45, 2.75) is 62.3 Å². The minimum Gasteiger partial charge on any atom is -0.442 e. The molecule has 4 aliphatic rings. The van der Waals surface area contributed by atoms with E-state index < -0.39 is 18.3 Å². The monoisotopic (exact) mass is 623 g/mol. The molecule has 13 nitrogen and oxygen atoms in total. The van der Waals surface area contributed by atoms with E-state index in [1.54, 1.807) is 11.0 Å². The molecule has 6 rings (SSSR count). The summed E-state index contributed by atoms with van der Waals surface area (Å²) >= 11 is 0. The number of rotatable bonds is 9. The second kappa shape index (κ2) is 13.2. The van der Waals surface area contributed by atoms with Crippen LogP contribution in [0.3, 0.4) is 0 Å². The highest BCUT2D eigenvalue weighted by Gasteiger charge is 2.53. The molecule has 0 spiro atoms. The van der Waals surface area contributed by atoms with E-state index in [1.807, 2.05) is 48.5 Å². The van der Waals surface area contributed by atoms with Gasteiger partial charge in [-0.3, -0.25) is 19.4 Å². The zero-order chi connectivity index (χ0) is 32.9. The number of ether oxygens (including phenoxy) is 2. The van der Waals surface area contributed by atoms with E-state index in [2.05, 4.69) is 20.3 Å². The Morgan fingerprint density at radius 3 is 1.59 bits per heavy atom. The van der Waals surface area contributed by atoms with Crippen LogP contribution in [0.1, 0.15) is 50.2 Å². The molecule has 0 unspecified atom stereocenters. The number of nitriles is 1. The SMILES string of the molecule is [C-]#[N+]C1(c2ccc(N3C[C@H](CNC(=O)CC#N)OC3=O)cc2)CC1.[C-]#[N+]C1(c2ccc(N3C[C@H](CNC(C)=O)OC3=O)cc2)CC1. The molecule has 0 aromatic heterocycles. The number of carbonyl (C=O) groups is 4. The lowest BCUT2D eigenvalue weighted by Crippen LogP contribution is -2.34. The summed E-state index contributed by atoms with van der Waals surface area (Å²) in [6.45, 7) is 17.2. The van der Waals surface area contributed by atoms with Crippen LogP contribution in [0.15, 0.2) is 48.5 Å². The van der Waals surface area contributed by atoms with Crippen LogP contribution < -0.4 is 20.4 Å². The van der Waals surface area contributed by atoms with Crippen LogP contribution in [0.5, 0.6) is 0 Å². The Balaban J connectivity index is 0.000000182. The third-order valence-electron chi connectivity index (χ3n) is 8.40. The van der Waals surface area contributed by atoms with Gasteiger partial charge in [0.15, 0.2) is 0 Å². The Labute approximate surface area is 266 Å². The molecule has 2 aliphatic carbocycles. The van der Waals surface area contributed by atoms with Crippen molar-refractivity contribution in [3.05, 3.63) is 82.5 Å². The zero-order valence-corrected chi connectivity index (χ0v) is 25.3. The number of benzene rings is 2. The van der Waals surface area contributed by atoms with Crippen LogP contribution in [0.2, 0.25) is 0 Å².